The third kappa shape index (κ3) is 5.93. The standard InChI is InChI=1S/C28H29FN4O2/c1-3-24-25(17-18(2)30-27(34)20-9-5-4-6-10-20)33-26(32-24)19-13-15-21(16-14-19)31-28(35)22-11-7-8-12-23(22)29/h3,7-8,11-17,20H,2,4-6,9-10H2,1H3,(H,30,34)(H,31,35)(H,32,33)/b24-3+,25-17+. The number of nitrogens with zero attached hydrogens (tertiary/aromatic N) is 1. The minimum atomic E-state index is -0.569. The molecule has 0 atom stereocenters. The highest BCUT2D eigenvalue weighted by Crippen LogP contribution is 2.24. The first-order chi connectivity index (χ1) is 16.9. The molecule has 2 aromatic carbocycles. The van der Waals surface area contributed by atoms with E-state index < -0.39 is 11.7 Å². The summed E-state index contributed by atoms with van der Waals surface area (Å²) in [7, 11) is 0. The fourth-order valence-electron chi connectivity index (χ4n) is 4.26. The van der Waals surface area contributed by atoms with E-state index in [4.69, 9.17) is 0 Å². The Balaban J connectivity index is 1.47. The first-order valence-corrected chi connectivity index (χ1v) is 11.8. The van der Waals surface area contributed by atoms with Crippen molar-refractivity contribution in [2.24, 2.45) is 5.92 Å². The van der Waals surface area contributed by atoms with Gasteiger partial charge in [-0.05, 0) is 62.2 Å². The normalized spacial score (nSPS) is 15.1. The van der Waals surface area contributed by atoms with Crippen LogP contribution in [0.15, 0.2) is 60.8 Å². The molecule has 180 valence electrons. The highest BCUT2D eigenvalue weighted by atomic mass is 19.1. The summed E-state index contributed by atoms with van der Waals surface area (Å²) in [6.07, 6.45) is 8.91. The lowest BCUT2D eigenvalue weighted by Crippen LogP contribution is -2.32. The molecule has 1 saturated carbocycles. The lowest BCUT2D eigenvalue weighted by atomic mass is 9.88. The molecule has 4 rings (SSSR count). The van der Waals surface area contributed by atoms with Gasteiger partial charge in [-0.1, -0.05) is 44.1 Å². The van der Waals surface area contributed by atoms with Crippen LogP contribution in [0.2, 0.25) is 0 Å². The number of hydrogen-bond acceptors (Lipinski definition) is 3. The van der Waals surface area contributed by atoms with E-state index >= 15 is 0 Å². The van der Waals surface area contributed by atoms with Crippen LogP contribution in [-0.4, -0.2) is 21.8 Å². The summed E-state index contributed by atoms with van der Waals surface area (Å²) >= 11 is 0. The highest BCUT2D eigenvalue weighted by Gasteiger charge is 2.21. The van der Waals surface area contributed by atoms with Crippen LogP contribution in [0, 0.1) is 11.7 Å². The van der Waals surface area contributed by atoms with Crippen molar-refractivity contribution in [3.8, 4) is 11.4 Å². The van der Waals surface area contributed by atoms with Crippen LogP contribution in [0.1, 0.15) is 49.4 Å². The average Bonchev–Trinajstić information content (AvgIpc) is 3.27. The number of allylic oxidation sites excluding steroid dienone is 1. The van der Waals surface area contributed by atoms with E-state index in [0.717, 1.165) is 41.9 Å². The lowest BCUT2D eigenvalue weighted by Gasteiger charge is -2.20. The second-order valence-electron chi connectivity index (χ2n) is 8.68. The Morgan fingerprint density at radius 3 is 2.49 bits per heavy atom. The summed E-state index contributed by atoms with van der Waals surface area (Å²) in [5, 5.41) is 7.11. The quantitative estimate of drug-likeness (QED) is 0.501. The maximum Gasteiger partial charge on any atom is 0.258 e. The Morgan fingerprint density at radius 2 is 1.80 bits per heavy atom. The Bertz CT molecular complexity index is 1350. The van der Waals surface area contributed by atoms with Gasteiger partial charge in [0.1, 0.15) is 11.6 Å². The van der Waals surface area contributed by atoms with Crippen molar-refractivity contribution < 1.29 is 14.0 Å². The number of carbonyl (C=O) groups is 2. The van der Waals surface area contributed by atoms with Crippen LogP contribution < -0.4 is 21.3 Å². The van der Waals surface area contributed by atoms with E-state index in [-0.39, 0.29) is 17.4 Å². The van der Waals surface area contributed by atoms with Gasteiger partial charge in [-0.2, -0.15) is 0 Å². The van der Waals surface area contributed by atoms with Gasteiger partial charge in [-0.3, -0.25) is 9.59 Å². The van der Waals surface area contributed by atoms with Crippen molar-refractivity contribution >= 4 is 29.7 Å². The van der Waals surface area contributed by atoms with E-state index in [9.17, 15) is 14.0 Å². The number of anilines is 1. The molecule has 0 bridgehead atoms. The number of halogens is 1. The van der Waals surface area contributed by atoms with Gasteiger partial charge in [0.05, 0.1) is 16.3 Å². The molecule has 1 aliphatic carbocycles. The van der Waals surface area contributed by atoms with Crippen molar-refractivity contribution in [2.75, 3.05) is 5.32 Å². The van der Waals surface area contributed by atoms with Gasteiger partial charge in [-0.15, -0.1) is 0 Å². The Labute approximate surface area is 203 Å². The van der Waals surface area contributed by atoms with Crippen LogP contribution in [0.25, 0.3) is 23.5 Å². The molecule has 6 nitrogen and oxygen atoms in total. The van der Waals surface area contributed by atoms with Gasteiger partial charge in [0, 0.05) is 22.9 Å². The van der Waals surface area contributed by atoms with Gasteiger partial charge in [0.15, 0.2) is 0 Å². The molecule has 0 radical (unpaired) electrons. The zero-order valence-corrected chi connectivity index (χ0v) is 19.7. The number of imidazole rings is 1. The van der Waals surface area contributed by atoms with Gasteiger partial charge in [0.25, 0.3) is 5.91 Å². The number of benzene rings is 2. The molecule has 7 heteroatoms. The van der Waals surface area contributed by atoms with Crippen molar-refractivity contribution in [1.82, 2.24) is 15.3 Å². The SMILES string of the molecule is C=C(/C=c1/[nH]c(-c2ccc(NC(=O)c3ccccc3F)cc2)n/c1=C/C)NC(=O)C1CCCCC1. The summed E-state index contributed by atoms with van der Waals surface area (Å²) in [6.45, 7) is 5.89. The summed E-state index contributed by atoms with van der Waals surface area (Å²) in [5.74, 6) is -0.354. The van der Waals surface area contributed by atoms with Crippen LogP contribution in [0.5, 0.6) is 0 Å². The maximum atomic E-state index is 13.8. The number of rotatable bonds is 6. The second-order valence-corrected chi connectivity index (χ2v) is 8.68. The van der Waals surface area contributed by atoms with Crippen molar-refractivity contribution in [2.45, 2.75) is 39.0 Å². The van der Waals surface area contributed by atoms with Gasteiger partial charge >= 0.3 is 0 Å². The molecule has 0 spiro atoms. The number of carbonyl (C=O) groups excluding carboxylic acids is 2. The Morgan fingerprint density at radius 1 is 1.09 bits per heavy atom. The molecule has 3 aromatic rings. The minimum absolute atomic E-state index is 0.0123. The summed E-state index contributed by atoms with van der Waals surface area (Å²) in [6, 6.07) is 13.0. The molecule has 0 saturated heterocycles. The van der Waals surface area contributed by atoms with E-state index in [2.05, 4.69) is 27.2 Å². The first-order valence-electron chi connectivity index (χ1n) is 11.8. The van der Waals surface area contributed by atoms with Crippen molar-refractivity contribution in [1.29, 1.82) is 0 Å². The molecule has 0 aliphatic heterocycles. The van der Waals surface area contributed by atoms with Gasteiger partial charge in [0.2, 0.25) is 5.91 Å². The minimum Gasteiger partial charge on any atom is -0.338 e. The lowest BCUT2D eigenvalue weighted by molar-refractivity contribution is -0.125. The predicted octanol–water partition coefficient (Wildman–Crippen LogP) is 4.26. The summed E-state index contributed by atoms with van der Waals surface area (Å²) < 4.78 is 13.8. The molecule has 3 N–H and O–H groups in total. The summed E-state index contributed by atoms with van der Waals surface area (Å²) in [4.78, 5) is 32.8. The number of aromatic nitrogens is 2. The van der Waals surface area contributed by atoms with Crippen LogP contribution in [0.3, 0.4) is 0 Å². The monoisotopic (exact) mass is 472 g/mol. The molecule has 2 amide bonds. The van der Waals surface area contributed by atoms with Crippen LogP contribution in [-0.2, 0) is 4.79 Å². The van der Waals surface area contributed by atoms with Crippen LogP contribution in [0.4, 0.5) is 10.1 Å². The smallest absolute Gasteiger partial charge is 0.258 e. The highest BCUT2D eigenvalue weighted by molar-refractivity contribution is 6.04. The first kappa shape index (κ1) is 24.1. The van der Waals surface area contributed by atoms with Crippen molar-refractivity contribution in [3.63, 3.8) is 0 Å². The largest absolute Gasteiger partial charge is 0.338 e. The van der Waals surface area contributed by atoms with Crippen LogP contribution >= 0.6 is 0 Å². The topological polar surface area (TPSA) is 86.9 Å². The number of H-pyrrole nitrogens is 1. The molecule has 1 fully saturated rings. The molecular weight excluding hydrogens is 443 g/mol. The third-order valence-electron chi connectivity index (χ3n) is 6.15. The van der Waals surface area contributed by atoms with Crippen molar-refractivity contribution in [3.05, 3.63) is 82.9 Å². The third-order valence-corrected chi connectivity index (χ3v) is 6.15. The van der Waals surface area contributed by atoms with E-state index in [0.29, 0.717) is 17.2 Å². The second kappa shape index (κ2) is 11.0. The zero-order valence-electron chi connectivity index (χ0n) is 19.7. The van der Waals surface area contributed by atoms with Gasteiger partial charge in [-0.25, -0.2) is 9.37 Å². The number of hydrogen-bond donors (Lipinski definition) is 3. The molecule has 35 heavy (non-hydrogen) atoms. The average molecular weight is 473 g/mol. The number of amides is 2. The Hall–Kier alpha value is -4.00. The number of nitrogens with one attached hydrogen (secondary N) is 3. The molecular formula is C28H29FN4O2. The fraction of sp³-hybridized carbons (Fsp3) is 0.250. The Kier molecular flexibility index (Phi) is 7.55. The van der Waals surface area contributed by atoms with Gasteiger partial charge < -0.3 is 15.6 Å². The van der Waals surface area contributed by atoms with E-state index in [1.54, 1.807) is 24.3 Å². The molecule has 0 unspecified atom stereocenters. The molecule has 1 aromatic heterocycles. The fourth-order valence-corrected chi connectivity index (χ4v) is 4.26. The number of aromatic amines is 1. The maximum absolute atomic E-state index is 13.8. The predicted molar refractivity (Wildman–Crippen MR) is 136 cm³/mol. The molecule has 1 aliphatic rings. The van der Waals surface area contributed by atoms with E-state index in [1.807, 2.05) is 25.1 Å². The molecule has 1 heterocycles. The van der Waals surface area contributed by atoms with E-state index in [1.165, 1.54) is 24.6 Å². The summed E-state index contributed by atoms with van der Waals surface area (Å²) in [5.41, 5.74) is 1.86. The zero-order chi connectivity index (χ0) is 24.8.